The van der Waals surface area contributed by atoms with Crippen molar-refractivity contribution in [2.24, 2.45) is 47.2 Å². The summed E-state index contributed by atoms with van der Waals surface area (Å²) in [6, 6.07) is 3.31. The fraction of sp³-hybridized carbons (Fsp3) is 0.822. The Morgan fingerprint density at radius 3 is 2.31 bits per heavy atom. The molecule has 7 aliphatic carbocycles. The van der Waals surface area contributed by atoms with Crippen LogP contribution in [-0.2, 0) is 4.74 Å². The molecule has 0 amide bonds. The number of fused-ring (bicyclic) bond motifs is 10. The van der Waals surface area contributed by atoms with Crippen molar-refractivity contribution in [1.29, 1.82) is 0 Å². The summed E-state index contributed by atoms with van der Waals surface area (Å²) < 4.78 is 7.49. The number of hydrogen-bond donors (Lipinski definition) is 3. The molecule has 10 rings (SSSR count). The van der Waals surface area contributed by atoms with Crippen LogP contribution in [0.2, 0.25) is 0 Å². The van der Waals surface area contributed by atoms with Crippen LogP contribution in [0.1, 0.15) is 135 Å². The van der Waals surface area contributed by atoms with Gasteiger partial charge in [0, 0.05) is 48.5 Å². The van der Waals surface area contributed by atoms with E-state index in [0.29, 0.717) is 59.9 Å². The van der Waals surface area contributed by atoms with Crippen LogP contribution >= 0.6 is 0 Å². The zero-order valence-corrected chi connectivity index (χ0v) is 31.6. The maximum absolute atomic E-state index is 7.49. The third-order valence-corrected chi connectivity index (χ3v) is 16.5. The van der Waals surface area contributed by atoms with Crippen molar-refractivity contribution in [1.82, 2.24) is 20.4 Å². The predicted octanol–water partition coefficient (Wildman–Crippen LogP) is 8.13. The Morgan fingerprint density at radius 2 is 1.47 bits per heavy atom. The smallest absolute Gasteiger partial charge is 0.121 e. The average molecular weight is 696 g/mol. The van der Waals surface area contributed by atoms with Crippen molar-refractivity contribution in [2.45, 2.75) is 184 Å². The van der Waals surface area contributed by atoms with Crippen molar-refractivity contribution >= 4 is 0 Å². The van der Waals surface area contributed by atoms with Gasteiger partial charge < -0.3 is 10.5 Å². The molecule has 10 aliphatic rings. The highest BCUT2D eigenvalue weighted by atomic mass is 16.5. The number of nitrogens with one attached hydrogen (secondary N) is 2. The standard InChI is InChI=1S/C45H69N5O/c46-44(29-14-3-1-4-15-29)48-45(50-39-24-11-7-19-32(39)33-20-8-12-25-40(33)50)47-28-30-16-13-22-36-37-27-26-35-34-21-9-10-23-38(34)49(31-17-5-2-6-18-31)41(35)43(37)51-42(30)36/h2,5,7,19,26-27,29,31-41,43-45,47-48H,1,3-4,6,8-18,20-25,28,46H2. The number of likely N-dealkylation sites (tertiary alicyclic amines) is 2. The van der Waals surface area contributed by atoms with Crippen LogP contribution in [0.3, 0.4) is 0 Å². The Hall–Kier alpha value is -1.44. The molecule has 0 aromatic heterocycles. The first-order valence-electron chi connectivity index (χ1n) is 22.4. The van der Waals surface area contributed by atoms with E-state index < -0.39 is 0 Å². The minimum Gasteiger partial charge on any atom is -0.492 e. The highest BCUT2D eigenvalue weighted by Crippen LogP contribution is 2.56. The number of rotatable bonds is 8. The molecule has 0 radical (unpaired) electrons. The Balaban J connectivity index is 0.928. The maximum atomic E-state index is 7.49. The van der Waals surface area contributed by atoms with Crippen LogP contribution in [0.15, 0.2) is 47.8 Å². The Kier molecular flexibility index (Phi) is 9.80. The molecule has 280 valence electrons. The Labute approximate surface area is 309 Å². The lowest BCUT2D eigenvalue weighted by Crippen LogP contribution is -2.65. The van der Waals surface area contributed by atoms with E-state index in [0.717, 1.165) is 24.4 Å². The van der Waals surface area contributed by atoms with Gasteiger partial charge in [-0.2, -0.15) is 0 Å². The van der Waals surface area contributed by atoms with E-state index in [4.69, 9.17) is 10.5 Å². The van der Waals surface area contributed by atoms with Crippen LogP contribution in [0, 0.1) is 41.4 Å². The molecule has 0 bridgehead atoms. The minimum atomic E-state index is 0.0546. The summed E-state index contributed by atoms with van der Waals surface area (Å²) in [5.74, 6) is 6.12. The molecule has 0 aromatic rings. The van der Waals surface area contributed by atoms with Crippen LogP contribution < -0.4 is 16.4 Å². The summed E-state index contributed by atoms with van der Waals surface area (Å²) in [5.41, 5.74) is 8.73. The van der Waals surface area contributed by atoms with Crippen molar-refractivity contribution in [2.75, 3.05) is 6.54 Å². The third-order valence-electron chi connectivity index (χ3n) is 16.5. The predicted molar refractivity (Wildman–Crippen MR) is 206 cm³/mol. The van der Waals surface area contributed by atoms with Gasteiger partial charge in [-0.1, -0.05) is 81.4 Å². The van der Waals surface area contributed by atoms with Crippen molar-refractivity contribution in [3.8, 4) is 0 Å². The molecule has 6 heteroatoms. The second-order valence-corrected chi connectivity index (χ2v) is 19.0. The first-order chi connectivity index (χ1) is 25.2. The van der Waals surface area contributed by atoms with Gasteiger partial charge in [0.15, 0.2) is 0 Å². The maximum Gasteiger partial charge on any atom is 0.121 e. The van der Waals surface area contributed by atoms with Gasteiger partial charge in [-0.3, -0.25) is 20.4 Å². The number of nitrogens with zero attached hydrogens (tertiary/aromatic N) is 2. The normalized spacial score (nSPS) is 45.0. The van der Waals surface area contributed by atoms with Crippen molar-refractivity contribution in [3.05, 3.63) is 47.8 Å². The molecule has 3 aliphatic heterocycles. The SMILES string of the molecule is NC(NC(NCC1=C2OC3C(C=CC4C5CCCCC5N(C5CC=CCC5)C43)C2CCC1)N1C2CCC=CC2C2CCCCC21)C1CCCCC1. The molecule has 0 spiro atoms. The molecule has 6 fully saturated rings. The largest absolute Gasteiger partial charge is 0.492 e. The third kappa shape index (κ3) is 6.08. The zero-order chi connectivity index (χ0) is 33.9. The Bertz CT molecular complexity index is 1370. The van der Waals surface area contributed by atoms with Crippen LogP contribution in [0.25, 0.3) is 0 Å². The first-order valence-corrected chi connectivity index (χ1v) is 22.4. The summed E-state index contributed by atoms with van der Waals surface area (Å²) >= 11 is 0. The lowest BCUT2D eigenvalue weighted by Gasteiger charge is -2.43. The quantitative estimate of drug-likeness (QED) is 0.176. The van der Waals surface area contributed by atoms with Crippen molar-refractivity contribution in [3.63, 3.8) is 0 Å². The summed E-state index contributed by atoms with van der Waals surface area (Å²) in [5, 5.41) is 8.37. The van der Waals surface area contributed by atoms with Crippen LogP contribution in [0.4, 0.5) is 0 Å². The first kappa shape index (κ1) is 34.1. The second kappa shape index (κ2) is 14.7. The van der Waals surface area contributed by atoms with E-state index in [1.54, 1.807) is 5.57 Å². The molecule has 3 saturated heterocycles. The van der Waals surface area contributed by atoms with Gasteiger partial charge in [0.1, 0.15) is 18.2 Å². The van der Waals surface area contributed by atoms with Gasteiger partial charge in [-0.25, -0.2) is 0 Å². The monoisotopic (exact) mass is 696 g/mol. The van der Waals surface area contributed by atoms with Crippen LogP contribution in [0.5, 0.6) is 0 Å². The van der Waals surface area contributed by atoms with Gasteiger partial charge in [-0.15, -0.1) is 0 Å². The van der Waals surface area contributed by atoms with E-state index in [-0.39, 0.29) is 12.5 Å². The van der Waals surface area contributed by atoms with E-state index in [1.165, 1.54) is 141 Å². The van der Waals surface area contributed by atoms with E-state index >= 15 is 0 Å². The summed E-state index contributed by atoms with van der Waals surface area (Å²) in [7, 11) is 0. The average Bonchev–Trinajstić information content (AvgIpc) is 3.85. The molecule has 6 nitrogen and oxygen atoms in total. The van der Waals surface area contributed by atoms with Gasteiger partial charge in [-0.05, 0) is 119 Å². The molecule has 3 saturated carbocycles. The highest BCUT2D eigenvalue weighted by Gasteiger charge is 2.60. The van der Waals surface area contributed by atoms with E-state index in [9.17, 15) is 0 Å². The minimum absolute atomic E-state index is 0.0546. The molecule has 4 N–H and O–H groups in total. The molecule has 51 heavy (non-hydrogen) atoms. The topological polar surface area (TPSA) is 65.8 Å². The second-order valence-electron chi connectivity index (χ2n) is 19.0. The summed E-state index contributed by atoms with van der Waals surface area (Å²) in [6.07, 6.45) is 43.8. The van der Waals surface area contributed by atoms with Gasteiger partial charge in [0.25, 0.3) is 0 Å². The van der Waals surface area contributed by atoms with Crippen molar-refractivity contribution < 1.29 is 4.74 Å². The molecule has 0 aromatic carbocycles. The summed E-state index contributed by atoms with van der Waals surface area (Å²) in [4.78, 5) is 6.04. The van der Waals surface area contributed by atoms with Gasteiger partial charge in [0.05, 0.1) is 12.2 Å². The van der Waals surface area contributed by atoms with E-state index in [1.807, 2.05) is 0 Å². The lowest BCUT2D eigenvalue weighted by atomic mass is 9.70. The molecule has 3 heterocycles. The fourth-order valence-corrected chi connectivity index (χ4v) is 14.3. The zero-order valence-electron chi connectivity index (χ0n) is 31.6. The Morgan fingerprint density at radius 1 is 0.706 bits per heavy atom. The number of allylic oxidation sites excluding steroid dienone is 3. The molecule has 14 unspecified atom stereocenters. The molecular formula is C45H69N5O. The highest BCUT2D eigenvalue weighted by molar-refractivity contribution is 5.29. The molecule has 14 atom stereocenters. The number of nitrogens with two attached hydrogens (primary N) is 1. The molecular weight excluding hydrogens is 627 g/mol. The van der Waals surface area contributed by atoms with Gasteiger partial charge in [0.2, 0.25) is 0 Å². The number of ether oxygens (including phenoxy) is 1. The van der Waals surface area contributed by atoms with E-state index in [2.05, 4.69) is 56.9 Å². The lowest BCUT2D eigenvalue weighted by molar-refractivity contribution is 0.000702. The van der Waals surface area contributed by atoms with Crippen LogP contribution in [-0.4, -0.2) is 65.1 Å². The summed E-state index contributed by atoms with van der Waals surface area (Å²) in [6.45, 7) is 0.932. The number of hydrogen-bond acceptors (Lipinski definition) is 6. The van der Waals surface area contributed by atoms with Gasteiger partial charge >= 0.3 is 0 Å². The fourth-order valence-electron chi connectivity index (χ4n) is 14.3.